The van der Waals surface area contributed by atoms with Gasteiger partial charge in [-0.2, -0.15) is 0 Å². The smallest absolute Gasteiger partial charge is 0.272 e. The average Bonchev–Trinajstić information content (AvgIpc) is 2.73. The van der Waals surface area contributed by atoms with Crippen LogP contribution < -0.4 is 10.9 Å². The third-order valence-corrected chi connectivity index (χ3v) is 3.77. The lowest BCUT2D eigenvalue weighted by Crippen LogP contribution is -2.30. The third-order valence-electron chi connectivity index (χ3n) is 3.19. The molecule has 1 atom stereocenters. The molecular formula is C11H13BrN4O. The highest BCUT2D eigenvalue weighted by Crippen LogP contribution is 2.22. The molecule has 0 amide bonds. The van der Waals surface area contributed by atoms with Gasteiger partial charge in [-0.3, -0.25) is 9.89 Å². The van der Waals surface area contributed by atoms with Gasteiger partial charge in [0.05, 0.1) is 10.2 Å². The first-order valence-corrected chi connectivity index (χ1v) is 6.52. The van der Waals surface area contributed by atoms with Gasteiger partial charge < -0.3 is 5.32 Å². The molecule has 0 aromatic carbocycles. The first-order chi connectivity index (χ1) is 8.25. The summed E-state index contributed by atoms with van der Waals surface area (Å²) in [6, 6.07) is 1.63. The Balaban J connectivity index is 2.10. The SMILES string of the molecule is O=c1cc(C2CCCNC2)nc2c(Br)c[nH]n12. The maximum atomic E-state index is 11.9. The Labute approximate surface area is 106 Å². The molecule has 5 nitrogen and oxygen atoms in total. The van der Waals surface area contributed by atoms with Crippen molar-refractivity contribution in [2.75, 3.05) is 13.1 Å². The normalized spacial score (nSPS) is 20.9. The van der Waals surface area contributed by atoms with E-state index in [-0.39, 0.29) is 5.56 Å². The van der Waals surface area contributed by atoms with E-state index in [0.29, 0.717) is 11.6 Å². The zero-order valence-corrected chi connectivity index (χ0v) is 10.8. The summed E-state index contributed by atoms with van der Waals surface area (Å²) in [5, 5.41) is 6.21. The summed E-state index contributed by atoms with van der Waals surface area (Å²) in [7, 11) is 0. The van der Waals surface area contributed by atoms with E-state index in [1.807, 2.05) is 0 Å². The molecule has 3 rings (SSSR count). The number of rotatable bonds is 1. The zero-order chi connectivity index (χ0) is 11.8. The lowest BCUT2D eigenvalue weighted by Gasteiger charge is -2.21. The minimum Gasteiger partial charge on any atom is -0.316 e. The number of aromatic amines is 1. The number of fused-ring (bicyclic) bond motifs is 1. The highest BCUT2D eigenvalue weighted by Gasteiger charge is 2.18. The molecule has 1 aliphatic heterocycles. The molecule has 90 valence electrons. The first-order valence-electron chi connectivity index (χ1n) is 5.73. The molecule has 1 unspecified atom stereocenters. The second-order valence-electron chi connectivity index (χ2n) is 4.34. The van der Waals surface area contributed by atoms with Gasteiger partial charge in [0, 0.05) is 24.7 Å². The Morgan fingerprint density at radius 3 is 3.18 bits per heavy atom. The molecule has 0 bridgehead atoms. The van der Waals surface area contributed by atoms with Gasteiger partial charge in [0.2, 0.25) is 0 Å². The van der Waals surface area contributed by atoms with Crippen molar-refractivity contribution in [3.63, 3.8) is 0 Å². The van der Waals surface area contributed by atoms with Crippen LogP contribution in [0.5, 0.6) is 0 Å². The van der Waals surface area contributed by atoms with Crippen molar-refractivity contribution in [2.45, 2.75) is 18.8 Å². The molecule has 0 radical (unpaired) electrons. The molecule has 2 aromatic heterocycles. The van der Waals surface area contributed by atoms with Crippen molar-refractivity contribution in [3.05, 3.63) is 32.8 Å². The predicted octanol–water partition coefficient (Wildman–Crippen LogP) is 1.25. The van der Waals surface area contributed by atoms with Crippen LogP contribution in [0, 0.1) is 0 Å². The van der Waals surface area contributed by atoms with Crippen LogP contribution in [0.4, 0.5) is 0 Å². The van der Waals surface area contributed by atoms with Crippen LogP contribution in [0.15, 0.2) is 21.5 Å². The third kappa shape index (κ3) is 1.91. The molecule has 1 aliphatic rings. The quantitative estimate of drug-likeness (QED) is 0.833. The molecule has 2 aromatic rings. The largest absolute Gasteiger partial charge is 0.316 e. The van der Waals surface area contributed by atoms with Gasteiger partial charge in [-0.25, -0.2) is 9.50 Å². The van der Waals surface area contributed by atoms with Gasteiger partial charge >= 0.3 is 0 Å². The molecule has 6 heteroatoms. The van der Waals surface area contributed by atoms with Crippen molar-refractivity contribution < 1.29 is 0 Å². The van der Waals surface area contributed by atoms with Crippen molar-refractivity contribution in [3.8, 4) is 0 Å². The standard InChI is InChI=1S/C11H13BrN4O/c12-8-6-14-16-10(17)4-9(15-11(8)16)7-2-1-3-13-5-7/h4,6-7,13-14H,1-3,5H2. The van der Waals surface area contributed by atoms with Gasteiger partial charge in [-0.15, -0.1) is 0 Å². The first kappa shape index (κ1) is 11.0. The Hall–Kier alpha value is -1.14. The van der Waals surface area contributed by atoms with Gasteiger partial charge in [0.25, 0.3) is 5.56 Å². The summed E-state index contributed by atoms with van der Waals surface area (Å²) in [5.74, 6) is 0.350. The Bertz CT molecular complexity index is 597. The van der Waals surface area contributed by atoms with Crippen LogP contribution in [0.2, 0.25) is 0 Å². The summed E-state index contributed by atoms with van der Waals surface area (Å²) < 4.78 is 2.27. The molecule has 1 saturated heterocycles. The summed E-state index contributed by atoms with van der Waals surface area (Å²) in [5.41, 5.74) is 1.50. The van der Waals surface area contributed by atoms with E-state index >= 15 is 0 Å². The molecule has 2 N–H and O–H groups in total. The Morgan fingerprint density at radius 2 is 2.41 bits per heavy atom. The van der Waals surface area contributed by atoms with Crippen molar-refractivity contribution in [2.24, 2.45) is 0 Å². The van der Waals surface area contributed by atoms with E-state index in [9.17, 15) is 4.79 Å². The molecular weight excluding hydrogens is 284 g/mol. The lowest BCUT2D eigenvalue weighted by molar-refractivity contribution is 0.454. The second-order valence-corrected chi connectivity index (χ2v) is 5.20. The Kier molecular flexibility index (Phi) is 2.76. The Morgan fingerprint density at radius 1 is 1.53 bits per heavy atom. The van der Waals surface area contributed by atoms with Gasteiger partial charge in [0.15, 0.2) is 5.65 Å². The number of piperidine rings is 1. The van der Waals surface area contributed by atoms with Crippen LogP contribution in [-0.4, -0.2) is 27.7 Å². The van der Waals surface area contributed by atoms with Crippen LogP contribution in [0.1, 0.15) is 24.5 Å². The van der Waals surface area contributed by atoms with Crippen molar-refractivity contribution >= 4 is 21.6 Å². The van der Waals surface area contributed by atoms with E-state index < -0.39 is 0 Å². The second kappa shape index (κ2) is 4.27. The fraction of sp³-hybridized carbons (Fsp3) is 0.455. The number of aromatic nitrogens is 3. The maximum absolute atomic E-state index is 11.9. The number of H-pyrrole nitrogens is 1. The van der Waals surface area contributed by atoms with E-state index in [2.05, 4.69) is 31.3 Å². The van der Waals surface area contributed by atoms with Gasteiger partial charge in [0.1, 0.15) is 0 Å². The summed E-state index contributed by atoms with van der Waals surface area (Å²) >= 11 is 3.39. The van der Waals surface area contributed by atoms with Crippen molar-refractivity contribution in [1.29, 1.82) is 0 Å². The van der Waals surface area contributed by atoms with Crippen LogP contribution in [0.25, 0.3) is 5.65 Å². The highest BCUT2D eigenvalue weighted by atomic mass is 79.9. The van der Waals surface area contributed by atoms with Gasteiger partial charge in [-0.1, -0.05) is 0 Å². The molecule has 0 spiro atoms. The topological polar surface area (TPSA) is 62.2 Å². The molecule has 3 heterocycles. The number of halogens is 1. The lowest BCUT2D eigenvalue weighted by atomic mass is 9.96. The fourth-order valence-electron chi connectivity index (χ4n) is 2.28. The summed E-state index contributed by atoms with van der Waals surface area (Å²) in [6.07, 6.45) is 3.96. The minimum absolute atomic E-state index is 0.0544. The van der Waals surface area contributed by atoms with E-state index in [1.165, 1.54) is 4.52 Å². The monoisotopic (exact) mass is 296 g/mol. The fourth-order valence-corrected chi connectivity index (χ4v) is 2.65. The highest BCUT2D eigenvalue weighted by molar-refractivity contribution is 9.10. The van der Waals surface area contributed by atoms with Gasteiger partial charge in [-0.05, 0) is 35.3 Å². The number of nitrogens with one attached hydrogen (secondary N) is 2. The predicted molar refractivity (Wildman–Crippen MR) is 68.4 cm³/mol. The molecule has 1 fully saturated rings. The number of nitrogens with zero attached hydrogens (tertiary/aromatic N) is 2. The van der Waals surface area contributed by atoms with Crippen LogP contribution in [0.3, 0.4) is 0 Å². The summed E-state index contributed by atoms with van der Waals surface area (Å²) in [4.78, 5) is 16.5. The molecule has 0 saturated carbocycles. The zero-order valence-electron chi connectivity index (χ0n) is 9.24. The van der Waals surface area contributed by atoms with E-state index in [1.54, 1.807) is 12.3 Å². The number of hydrogen-bond donors (Lipinski definition) is 2. The van der Waals surface area contributed by atoms with Crippen molar-refractivity contribution in [1.82, 2.24) is 19.9 Å². The van der Waals surface area contributed by atoms with Crippen LogP contribution >= 0.6 is 15.9 Å². The summed E-state index contributed by atoms with van der Waals surface area (Å²) in [6.45, 7) is 1.97. The van der Waals surface area contributed by atoms with E-state index in [4.69, 9.17) is 0 Å². The van der Waals surface area contributed by atoms with Crippen LogP contribution in [-0.2, 0) is 0 Å². The number of hydrogen-bond acceptors (Lipinski definition) is 3. The molecule has 0 aliphatic carbocycles. The van der Waals surface area contributed by atoms with E-state index in [0.717, 1.165) is 36.1 Å². The maximum Gasteiger partial charge on any atom is 0.272 e. The molecule has 17 heavy (non-hydrogen) atoms. The minimum atomic E-state index is -0.0544. The average molecular weight is 297 g/mol.